The lowest BCUT2D eigenvalue weighted by Crippen LogP contribution is -2.27. The van der Waals surface area contributed by atoms with Crippen molar-refractivity contribution >= 4 is 11.0 Å². The van der Waals surface area contributed by atoms with Crippen LogP contribution in [0.25, 0.3) is 11.0 Å². The van der Waals surface area contributed by atoms with Crippen LogP contribution in [0.5, 0.6) is 0 Å². The highest BCUT2D eigenvalue weighted by Crippen LogP contribution is 2.21. The van der Waals surface area contributed by atoms with E-state index in [1.807, 2.05) is 12.1 Å². The van der Waals surface area contributed by atoms with Crippen molar-refractivity contribution in [3.8, 4) is 0 Å². The SMILES string of the molecule is CCCNC(COCCC)c1cccc2nccnc12. The van der Waals surface area contributed by atoms with E-state index in [1.165, 1.54) is 5.56 Å². The van der Waals surface area contributed by atoms with E-state index in [9.17, 15) is 0 Å². The lowest BCUT2D eigenvalue weighted by atomic mass is 10.1. The summed E-state index contributed by atoms with van der Waals surface area (Å²) < 4.78 is 5.73. The van der Waals surface area contributed by atoms with Crippen LogP contribution in [-0.2, 0) is 4.74 Å². The zero-order valence-corrected chi connectivity index (χ0v) is 12.3. The molecule has 2 rings (SSSR count). The minimum atomic E-state index is 0.168. The van der Waals surface area contributed by atoms with Gasteiger partial charge in [0.25, 0.3) is 0 Å². The Kier molecular flexibility index (Phi) is 5.89. The fraction of sp³-hybridized carbons (Fsp3) is 0.500. The lowest BCUT2D eigenvalue weighted by Gasteiger charge is -2.20. The van der Waals surface area contributed by atoms with Gasteiger partial charge in [-0.3, -0.25) is 9.97 Å². The van der Waals surface area contributed by atoms with Gasteiger partial charge in [0.1, 0.15) is 0 Å². The molecule has 20 heavy (non-hydrogen) atoms. The summed E-state index contributed by atoms with van der Waals surface area (Å²) in [5.41, 5.74) is 3.06. The van der Waals surface area contributed by atoms with E-state index in [0.29, 0.717) is 6.61 Å². The van der Waals surface area contributed by atoms with Crippen molar-refractivity contribution in [1.29, 1.82) is 0 Å². The van der Waals surface area contributed by atoms with Gasteiger partial charge in [-0.15, -0.1) is 0 Å². The van der Waals surface area contributed by atoms with Gasteiger partial charge in [0.2, 0.25) is 0 Å². The van der Waals surface area contributed by atoms with Crippen molar-refractivity contribution in [2.24, 2.45) is 0 Å². The molecular formula is C16H23N3O. The van der Waals surface area contributed by atoms with Crippen LogP contribution < -0.4 is 5.32 Å². The number of nitrogens with zero attached hydrogens (tertiary/aromatic N) is 2. The zero-order chi connectivity index (χ0) is 14.2. The molecule has 1 aromatic carbocycles. The number of aromatic nitrogens is 2. The van der Waals surface area contributed by atoms with Crippen LogP contribution >= 0.6 is 0 Å². The van der Waals surface area contributed by atoms with Crippen LogP contribution in [0.1, 0.15) is 38.3 Å². The number of hydrogen-bond acceptors (Lipinski definition) is 4. The van der Waals surface area contributed by atoms with Crippen LogP contribution in [0.2, 0.25) is 0 Å². The van der Waals surface area contributed by atoms with Crippen LogP contribution in [0, 0.1) is 0 Å². The maximum absolute atomic E-state index is 5.73. The van der Waals surface area contributed by atoms with Gasteiger partial charge >= 0.3 is 0 Å². The number of hydrogen-bond donors (Lipinski definition) is 1. The van der Waals surface area contributed by atoms with E-state index < -0.39 is 0 Å². The molecule has 0 bridgehead atoms. The van der Waals surface area contributed by atoms with Gasteiger partial charge in [-0.2, -0.15) is 0 Å². The third kappa shape index (κ3) is 3.74. The predicted octanol–water partition coefficient (Wildman–Crippen LogP) is 3.10. The Morgan fingerprint density at radius 2 is 2.00 bits per heavy atom. The van der Waals surface area contributed by atoms with E-state index in [0.717, 1.165) is 37.0 Å². The van der Waals surface area contributed by atoms with Crippen LogP contribution in [-0.4, -0.2) is 29.7 Å². The Balaban J connectivity index is 2.24. The summed E-state index contributed by atoms with van der Waals surface area (Å²) in [6, 6.07) is 6.31. The van der Waals surface area contributed by atoms with E-state index in [-0.39, 0.29) is 6.04 Å². The van der Waals surface area contributed by atoms with Crippen LogP contribution in [0.4, 0.5) is 0 Å². The maximum atomic E-state index is 5.73. The number of benzene rings is 1. The average molecular weight is 273 g/mol. The molecule has 0 aliphatic heterocycles. The second kappa shape index (κ2) is 7.92. The molecule has 2 aromatic rings. The molecule has 1 aromatic heterocycles. The molecule has 0 radical (unpaired) electrons. The van der Waals surface area contributed by atoms with Crippen molar-refractivity contribution < 1.29 is 4.74 Å². The van der Waals surface area contributed by atoms with Gasteiger partial charge in [-0.05, 0) is 31.0 Å². The molecule has 4 nitrogen and oxygen atoms in total. The van der Waals surface area contributed by atoms with Gasteiger partial charge in [-0.25, -0.2) is 0 Å². The largest absolute Gasteiger partial charge is 0.379 e. The molecular weight excluding hydrogens is 250 g/mol. The average Bonchev–Trinajstić information content (AvgIpc) is 2.50. The van der Waals surface area contributed by atoms with E-state index >= 15 is 0 Å². The molecule has 0 saturated carbocycles. The third-order valence-electron chi connectivity index (χ3n) is 3.18. The zero-order valence-electron chi connectivity index (χ0n) is 12.3. The number of fused-ring (bicyclic) bond motifs is 1. The summed E-state index contributed by atoms with van der Waals surface area (Å²) in [7, 11) is 0. The van der Waals surface area contributed by atoms with E-state index in [1.54, 1.807) is 12.4 Å². The Bertz CT molecular complexity index is 525. The molecule has 0 fully saturated rings. The fourth-order valence-electron chi connectivity index (χ4n) is 2.22. The molecule has 0 saturated heterocycles. The van der Waals surface area contributed by atoms with Gasteiger partial charge < -0.3 is 10.1 Å². The van der Waals surface area contributed by atoms with Gasteiger partial charge in [-0.1, -0.05) is 26.0 Å². The standard InChI is InChI=1S/C16H23N3O/c1-3-8-17-15(12-20-11-4-2)13-6-5-7-14-16(13)19-10-9-18-14/h5-7,9-10,15,17H,3-4,8,11-12H2,1-2H3. The van der Waals surface area contributed by atoms with Crippen LogP contribution in [0.3, 0.4) is 0 Å². The number of nitrogens with one attached hydrogen (secondary N) is 1. The second-order valence-corrected chi connectivity index (χ2v) is 4.85. The number of para-hydroxylation sites is 1. The summed E-state index contributed by atoms with van der Waals surface area (Å²) in [6.07, 6.45) is 5.61. The Labute approximate surface area is 120 Å². The van der Waals surface area contributed by atoms with Crippen molar-refractivity contribution in [3.05, 3.63) is 36.2 Å². The minimum absolute atomic E-state index is 0.168. The van der Waals surface area contributed by atoms with Crippen molar-refractivity contribution in [1.82, 2.24) is 15.3 Å². The molecule has 108 valence electrons. The molecule has 0 spiro atoms. The highest BCUT2D eigenvalue weighted by atomic mass is 16.5. The summed E-state index contributed by atoms with van der Waals surface area (Å²) in [6.45, 7) is 6.72. The molecule has 0 aliphatic rings. The van der Waals surface area contributed by atoms with Crippen molar-refractivity contribution in [3.63, 3.8) is 0 Å². The number of ether oxygens (including phenoxy) is 1. The molecule has 0 aliphatic carbocycles. The van der Waals surface area contributed by atoms with Gasteiger partial charge in [0.15, 0.2) is 0 Å². The first-order valence-corrected chi connectivity index (χ1v) is 7.37. The molecule has 1 unspecified atom stereocenters. The number of rotatable bonds is 8. The normalized spacial score (nSPS) is 12.7. The van der Waals surface area contributed by atoms with Gasteiger partial charge in [0.05, 0.1) is 23.7 Å². The highest BCUT2D eigenvalue weighted by Gasteiger charge is 2.14. The summed E-state index contributed by atoms with van der Waals surface area (Å²) >= 11 is 0. The predicted molar refractivity (Wildman–Crippen MR) is 81.7 cm³/mol. The van der Waals surface area contributed by atoms with E-state index in [2.05, 4.69) is 35.2 Å². The topological polar surface area (TPSA) is 47.0 Å². The first-order chi connectivity index (χ1) is 9.86. The van der Waals surface area contributed by atoms with Gasteiger partial charge in [0, 0.05) is 19.0 Å². The van der Waals surface area contributed by atoms with Crippen molar-refractivity contribution in [2.75, 3.05) is 19.8 Å². The fourth-order valence-corrected chi connectivity index (χ4v) is 2.22. The Morgan fingerprint density at radius 1 is 1.15 bits per heavy atom. The molecule has 4 heteroatoms. The summed E-state index contributed by atoms with van der Waals surface area (Å²) in [4.78, 5) is 8.85. The molecule has 1 atom stereocenters. The molecule has 0 amide bonds. The highest BCUT2D eigenvalue weighted by molar-refractivity contribution is 5.78. The van der Waals surface area contributed by atoms with E-state index in [4.69, 9.17) is 4.74 Å². The second-order valence-electron chi connectivity index (χ2n) is 4.85. The summed E-state index contributed by atoms with van der Waals surface area (Å²) in [5.74, 6) is 0. The minimum Gasteiger partial charge on any atom is -0.379 e. The smallest absolute Gasteiger partial charge is 0.0935 e. The Hall–Kier alpha value is -1.52. The maximum Gasteiger partial charge on any atom is 0.0935 e. The Morgan fingerprint density at radius 3 is 2.80 bits per heavy atom. The monoisotopic (exact) mass is 273 g/mol. The first kappa shape index (κ1) is 14.9. The van der Waals surface area contributed by atoms with Crippen LogP contribution in [0.15, 0.2) is 30.6 Å². The van der Waals surface area contributed by atoms with Crippen molar-refractivity contribution in [2.45, 2.75) is 32.7 Å². The lowest BCUT2D eigenvalue weighted by molar-refractivity contribution is 0.112. The molecule has 1 N–H and O–H groups in total. The first-order valence-electron chi connectivity index (χ1n) is 7.37. The summed E-state index contributed by atoms with van der Waals surface area (Å²) in [5, 5.41) is 3.54. The third-order valence-corrected chi connectivity index (χ3v) is 3.18. The quantitative estimate of drug-likeness (QED) is 0.751. The molecule has 1 heterocycles.